The van der Waals surface area contributed by atoms with Gasteiger partial charge in [-0.1, -0.05) is 20.8 Å². The molecular weight excluding hydrogens is 227 g/mol. The number of halogens is 3. The summed E-state index contributed by atoms with van der Waals surface area (Å²) in [5, 5.41) is 2.40. The van der Waals surface area contributed by atoms with Crippen molar-refractivity contribution < 1.29 is 13.2 Å². The van der Waals surface area contributed by atoms with E-state index in [0.29, 0.717) is 5.82 Å². The van der Waals surface area contributed by atoms with Crippen molar-refractivity contribution in [3.8, 4) is 0 Å². The molecule has 1 rings (SSSR count). The third kappa shape index (κ3) is 4.03. The number of hydrogen-bond acceptors (Lipinski definition) is 4. The Labute approximate surface area is 89.9 Å². The van der Waals surface area contributed by atoms with E-state index in [0.717, 1.165) is 11.5 Å². The lowest BCUT2D eigenvalue weighted by Crippen LogP contribution is -2.21. The van der Waals surface area contributed by atoms with Crippen LogP contribution in [0.5, 0.6) is 0 Å². The zero-order valence-electron chi connectivity index (χ0n) is 8.64. The van der Waals surface area contributed by atoms with Crippen molar-refractivity contribution in [1.29, 1.82) is 0 Å². The van der Waals surface area contributed by atoms with Crippen molar-refractivity contribution in [2.45, 2.75) is 32.4 Å². The van der Waals surface area contributed by atoms with E-state index in [9.17, 15) is 13.2 Å². The van der Waals surface area contributed by atoms with Gasteiger partial charge in [0.05, 0.1) is 0 Å². The molecule has 0 unspecified atom stereocenters. The highest BCUT2D eigenvalue weighted by molar-refractivity contribution is 7.09. The number of aromatic nitrogens is 2. The molecule has 0 fully saturated rings. The van der Waals surface area contributed by atoms with Gasteiger partial charge in [-0.3, -0.25) is 0 Å². The molecular formula is C8H12F3N3S. The highest BCUT2D eigenvalue weighted by Gasteiger charge is 2.27. The maximum absolute atomic E-state index is 11.9. The van der Waals surface area contributed by atoms with Crippen LogP contribution in [0.15, 0.2) is 0 Å². The van der Waals surface area contributed by atoms with Crippen LogP contribution in [-0.2, 0) is 5.41 Å². The Morgan fingerprint density at radius 1 is 1.27 bits per heavy atom. The molecule has 0 saturated carbocycles. The van der Waals surface area contributed by atoms with Gasteiger partial charge in [0.25, 0.3) is 0 Å². The van der Waals surface area contributed by atoms with Gasteiger partial charge < -0.3 is 5.32 Å². The molecule has 0 aliphatic rings. The minimum atomic E-state index is -4.23. The molecule has 1 heterocycles. The van der Waals surface area contributed by atoms with E-state index in [2.05, 4.69) is 14.7 Å². The summed E-state index contributed by atoms with van der Waals surface area (Å²) in [5.74, 6) is 0.553. The first-order valence-electron chi connectivity index (χ1n) is 4.33. The first-order valence-corrected chi connectivity index (χ1v) is 5.10. The average Bonchev–Trinajstić information content (AvgIpc) is 2.45. The van der Waals surface area contributed by atoms with E-state index in [-0.39, 0.29) is 10.5 Å². The van der Waals surface area contributed by atoms with Gasteiger partial charge in [-0.25, -0.2) is 4.98 Å². The standard InChI is InChI=1S/C8H12F3N3S/c1-7(2,3)5-13-6(15-14-5)12-4-8(9,10)11/h4H2,1-3H3,(H,12,13,14). The third-order valence-electron chi connectivity index (χ3n) is 1.54. The maximum Gasteiger partial charge on any atom is 0.405 e. The molecule has 0 atom stereocenters. The van der Waals surface area contributed by atoms with Crippen LogP contribution in [0.2, 0.25) is 0 Å². The van der Waals surface area contributed by atoms with Gasteiger partial charge in [-0.15, -0.1) is 0 Å². The molecule has 0 aromatic carbocycles. The van der Waals surface area contributed by atoms with E-state index in [1.807, 2.05) is 20.8 Å². The van der Waals surface area contributed by atoms with Crippen LogP contribution in [-0.4, -0.2) is 22.1 Å². The van der Waals surface area contributed by atoms with Crippen molar-refractivity contribution in [3.05, 3.63) is 5.82 Å². The first kappa shape index (κ1) is 12.2. The summed E-state index contributed by atoms with van der Waals surface area (Å²) in [6.45, 7) is 4.64. The molecule has 15 heavy (non-hydrogen) atoms. The van der Waals surface area contributed by atoms with Crippen LogP contribution < -0.4 is 5.32 Å². The van der Waals surface area contributed by atoms with Crippen LogP contribution in [0.1, 0.15) is 26.6 Å². The van der Waals surface area contributed by atoms with Crippen molar-refractivity contribution in [3.63, 3.8) is 0 Å². The van der Waals surface area contributed by atoms with Crippen LogP contribution in [0, 0.1) is 0 Å². The Morgan fingerprint density at radius 3 is 2.27 bits per heavy atom. The zero-order chi connectivity index (χ0) is 11.7. The second-order valence-electron chi connectivity index (χ2n) is 4.14. The van der Waals surface area contributed by atoms with Gasteiger partial charge in [-0.2, -0.15) is 17.5 Å². The number of rotatable bonds is 2. The molecule has 0 amide bonds. The van der Waals surface area contributed by atoms with E-state index < -0.39 is 12.7 Å². The largest absolute Gasteiger partial charge is 0.405 e. The molecule has 0 spiro atoms. The lowest BCUT2D eigenvalue weighted by atomic mass is 9.96. The normalized spacial score (nSPS) is 12.9. The molecule has 7 heteroatoms. The molecule has 0 aliphatic carbocycles. The van der Waals surface area contributed by atoms with Crippen LogP contribution in [0.25, 0.3) is 0 Å². The molecule has 0 radical (unpaired) electrons. The van der Waals surface area contributed by atoms with E-state index in [4.69, 9.17) is 0 Å². The number of anilines is 1. The Hall–Kier alpha value is -0.850. The summed E-state index contributed by atoms with van der Waals surface area (Å²) < 4.78 is 39.6. The summed E-state index contributed by atoms with van der Waals surface area (Å²) in [6.07, 6.45) is -4.23. The minimum Gasteiger partial charge on any atom is -0.351 e. The smallest absolute Gasteiger partial charge is 0.351 e. The fraction of sp³-hybridized carbons (Fsp3) is 0.750. The topological polar surface area (TPSA) is 37.8 Å². The number of nitrogens with zero attached hydrogens (tertiary/aromatic N) is 2. The Morgan fingerprint density at radius 2 is 1.87 bits per heavy atom. The molecule has 1 aromatic heterocycles. The predicted molar refractivity (Wildman–Crippen MR) is 53.2 cm³/mol. The molecule has 86 valence electrons. The molecule has 0 aliphatic heterocycles. The van der Waals surface area contributed by atoms with Crippen molar-refractivity contribution in [1.82, 2.24) is 9.36 Å². The van der Waals surface area contributed by atoms with Crippen molar-refractivity contribution in [2.24, 2.45) is 0 Å². The fourth-order valence-electron chi connectivity index (χ4n) is 0.776. The van der Waals surface area contributed by atoms with Crippen molar-refractivity contribution >= 4 is 16.7 Å². The van der Waals surface area contributed by atoms with Gasteiger partial charge in [0, 0.05) is 16.9 Å². The molecule has 0 bridgehead atoms. The summed E-state index contributed by atoms with van der Waals surface area (Å²) >= 11 is 0.945. The molecule has 1 N–H and O–H groups in total. The first-order chi connectivity index (χ1) is 6.68. The summed E-state index contributed by atoms with van der Waals surface area (Å²) in [7, 11) is 0. The Bertz CT molecular complexity index is 327. The quantitative estimate of drug-likeness (QED) is 0.862. The monoisotopic (exact) mass is 239 g/mol. The predicted octanol–water partition coefficient (Wildman–Crippen LogP) is 2.81. The number of nitrogens with one attached hydrogen (secondary N) is 1. The summed E-state index contributed by atoms with van der Waals surface area (Å²) in [6, 6.07) is 0. The Balaban J connectivity index is 2.62. The second-order valence-corrected chi connectivity index (χ2v) is 4.89. The summed E-state index contributed by atoms with van der Waals surface area (Å²) in [4.78, 5) is 3.98. The van der Waals surface area contributed by atoms with Crippen molar-refractivity contribution in [2.75, 3.05) is 11.9 Å². The Kier molecular flexibility index (Phi) is 3.22. The third-order valence-corrected chi connectivity index (χ3v) is 2.21. The van der Waals surface area contributed by atoms with E-state index in [1.165, 1.54) is 0 Å². The zero-order valence-corrected chi connectivity index (χ0v) is 9.46. The van der Waals surface area contributed by atoms with Gasteiger partial charge in [0.1, 0.15) is 12.4 Å². The highest BCUT2D eigenvalue weighted by atomic mass is 32.1. The summed E-state index contributed by atoms with van der Waals surface area (Å²) in [5.41, 5.74) is -0.241. The average molecular weight is 239 g/mol. The SMILES string of the molecule is CC(C)(C)c1nsc(NCC(F)(F)F)n1. The second kappa shape index (κ2) is 3.96. The van der Waals surface area contributed by atoms with E-state index >= 15 is 0 Å². The number of hydrogen-bond donors (Lipinski definition) is 1. The molecule has 0 saturated heterocycles. The van der Waals surface area contributed by atoms with Crippen LogP contribution >= 0.6 is 11.5 Å². The molecule has 1 aromatic rings. The molecule has 3 nitrogen and oxygen atoms in total. The lowest BCUT2D eigenvalue weighted by Gasteiger charge is -2.12. The van der Waals surface area contributed by atoms with Gasteiger partial charge in [0.2, 0.25) is 5.13 Å². The van der Waals surface area contributed by atoms with E-state index in [1.54, 1.807) is 0 Å². The highest BCUT2D eigenvalue weighted by Crippen LogP contribution is 2.24. The van der Waals surface area contributed by atoms with Gasteiger partial charge >= 0.3 is 6.18 Å². The number of alkyl halides is 3. The lowest BCUT2D eigenvalue weighted by molar-refractivity contribution is -0.115. The van der Waals surface area contributed by atoms with Gasteiger partial charge in [0.15, 0.2) is 0 Å². The van der Waals surface area contributed by atoms with Crippen LogP contribution in [0.4, 0.5) is 18.3 Å². The van der Waals surface area contributed by atoms with Crippen LogP contribution in [0.3, 0.4) is 0 Å². The van der Waals surface area contributed by atoms with Gasteiger partial charge in [-0.05, 0) is 0 Å². The maximum atomic E-state index is 11.9. The minimum absolute atomic E-state index is 0.206. The fourth-order valence-corrected chi connectivity index (χ4v) is 1.53.